The zero-order chi connectivity index (χ0) is 8.81. The third-order valence-corrected chi connectivity index (χ3v) is 2.37. The Hall–Kier alpha value is -0.590. The second-order valence-electron chi connectivity index (χ2n) is 3.35. The van der Waals surface area contributed by atoms with Crippen molar-refractivity contribution in [1.82, 2.24) is 10.2 Å². The van der Waals surface area contributed by atoms with Crippen LogP contribution in [0.3, 0.4) is 0 Å². The van der Waals surface area contributed by atoms with Gasteiger partial charge in [0.15, 0.2) is 0 Å². The van der Waals surface area contributed by atoms with E-state index in [4.69, 9.17) is 5.26 Å². The molecule has 1 aliphatic rings. The number of piperazine rings is 1. The van der Waals surface area contributed by atoms with Gasteiger partial charge in [-0.25, -0.2) is 0 Å². The minimum absolute atomic E-state index is 0.637. The van der Waals surface area contributed by atoms with Crippen molar-refractivity contribution in [2.24, 2.45) is 0 Å². The predicted octanol–water partition coefficient (Wildman–Crippen LogP) is 0.584. The largest absolute Gasteiger partial charge is 0.314 e. The van der Waals surface area contributed by atoms with E-state index in [0.29, 0.717) is 12.5 Å². The molecular weight excluding hydrogens is 150 g/mol. The van der Waals surface area contributed by atoms with Gasteiger partial charge in [-0.1, -0.05) is 0 Å². The average molecular weight is 167 g/mol. The molecule has 1 rings (SSSR count). The van der Waals surface area contributed by atoms with E-state index in [1.54, 1.807) is 0 Å². The summed E-state index contributed by atoms with van der Waals surface area (Å²) in [7, 11) is 0. The van der Waals surface area contributed by atoms with Crippen LogP contribution in [-0.4, -0.2) is 37.1 Å². The molecule has 68 valence electrons. The first-order valence-corrected chi connectivity index (χ1v) is 4.66. The van der Waals surface area contributed by atoms with Crippen molar-refractivity contribution >= 4 is 0 Å². The molecule has 1 heterocycles. The molecule has 1 aliphatic heterocycles. The molecule has 0 spiro atoms. The first kappa shape index (κ1) is 9.50. The van der Waals surface area contributed by atoms with Gasteiger partial charge in [0, 0.05) is 32.1 Å². The SMILES string of the molecule is C[C@H]1CNCCN1CCCC#N. The minimum Gasteiger partial charge on any atom is -0.314 e. The molecule has 0 aromatic heterocycles. The van der Waals surface area contributed by atoms with Crippen LogP contribution in [0.4, 0.5) is 0 Å². The Bertz CT molecular complexity index is 162. The summed E-state index contributed by atoms with van der Waals surface area (Å²) in [6.07, 6.45) is 1.71. The average Bonchev–Trinajstić information content (AvgIpc) is 2.09. The molecule has 0 saturated carbocycles. The number of hydrogen-bond acceptors (Lipinski definition) is 3. The molecule has 0 bridgehead atoms. The summed E-state index contributed by atoms with van der Waals surface area (Å²) in [4.78, 5) is 2.45. The van der Waals surface area contributed by atoms with Crippen LogP contribution in [0, 0.1) is 11.3 Å². The van der Waals surface area contributed by atoms with E-state index in [1.165, 1.54) is 0 Å². The summed E-state index contributed by atoms with van der Waals surface area (Å²) >= 11 is 0. The van der Waals surface area contributed by atoms with E-state index >= 15 is 0 Å². The van der Waals surface area contributed by atoms with Crippen molar-refractivity contribution in [2.75, 3.05) is 26.2 Å². The molecule has 0 aliphatic carbocycles. The van der Waals surface area contributed by atoms with Gasteiger partial charge in [-0.2, -0.15) is 5.26 Å². The minimum atomic E-state index is 0.637. The molecule has 0 unspecified atom stereocenters. The fraction of sp³-hybridized carbons (Fsp3) is 0.889. The molecular formula is C9H17N3. The predicted molar refractivity (Wildman–Crippen MR) is 48.8 cm³/mol. The Morgan fingerprint density at radius 1 is 1.67 bits per heavy atom. The highest BCUT2D eigenvalue weighted by Gasteiger charge is 2.16. The molecule has 0 amide bonds. The van der Waals surface area contributed by atoms with Crippen LogP contribution in [0.5, 0.6) is 0 Å². The highest BCUT2D eigenvalue weighted by Crippen LogP contribution is 2.03. The third kappa shape index (κ3) is 2.80. The first-order chi connectivity index (χ1) is 5.84. The van der Waals surface area contributed by atoms with Crippen LogP contribution in [0.2, 0.25) is 0 Å². The number of hydrogen-bond donors (Lipinski definition) is 1. The lowest BCUT2D eigenvalue weighted by Crippen LogP contribution is -2.49. The van der Waals surface area contributed by atoms with Gasteiger partial charge in [-0.15, -0.1) is 0 Å². The third-order valence-electron chi connectivity index (χ3n) is 2.37. The summed E-state index contributed by atoms with van der Waals surface area (Å²) in [5.74, 6) is 0. The topological polar surface area (TPSA) is 39.1 Å². The molecule has 0 radical (unpaired) electrons. The molecule has 0 aromatic carbocycles. The van der Waals surface area contributed by atoms with Crippen LogP contribution in [0.25, 0.3) is 0 Å². The molecule has 3 nitrogen and oxygen atoms in total. The van der Waals surface area contributed by atoms with E-state index < -0.39 is 0 Å². The summed E-state index contributed by atoms with van der Waals surface area (Å²) in [5, 5.41) is 11.7. The fourth-order valence-corrected chi connectivity index (χ4v) is 1.58. The number of nitrogens with zero attached hydrogens (tertiary/aromatic N) is 2. The van der Waals surface area contributed by atoms with Crippen molar-refractivity contribution < 1.29 is 0 Å². The maximum Gasteiger partial charge on any atom is 0.0622 e. The lowest BCUT2D eigenvalue weighted by atomic mass is 10.2. The summed E-state index contributed by atoms with van der Waals surface area (Å²) in [5.41, 5.74) is 0. The smallest absolute Gasteiger partial charge is 0.0622 e. The van der Waals surface area contributed by atoms with Crippen LogP contribution in [0.1, 0.15) is 19.8 Å². The first-order valence-electron chi connectivity index (χ1n) is 4.66. The number of nitriles is 1. The van der Waals surface area contributed by atoms with Gasteiger partial charge >= 0.3 is 0 Å². The number of unbranched alkanes of at least 4 members (excludes halogenated alkanes) is 1. The van der Waals surface area contributed by atoms with E-state index in [0.717, 1.165) is 32.6 Å². The van der Waals surface area contributed by atoms with E-state index in [1.807, 2.05) is 0 Å². The Morgan fingerprint density at radius 2 is 2.50 bits per heavy atom. The number of rotatable bonds is 3. The van der Waals surface area contributed by atoms with E-state index in [-0.39, 0.29) is 0 Å². The van der Waals surface area contributed by atoms with Crippen LogP contribution >= 0.6 is 0 Å². The van der Waals surface area contributed by atoms with E-state index in [2.05, 4.69) is 23.2 Å². The monoisotopic (exact) mass is 167 g/mol. The van der Waals surface area contributed by atoms with Gasteiger partial charge in [0.25, 0.3) is 0 Å². The van der Waals surface area contributed by atoms with E-state index in [9.17, 15) is 0 Å². The standard InChI is InChI=1S/C9H17N3/c1-9-8-11-5-7-12(9)6-3-2-4-10/h9,11H,2-3,5-8H2,1H3/t9-/m0/s1. The van der Waals surface area contributed by atoms with Gasteiger partial charge in [-0.3, -0.25) is 4.90 Å². The van der Waals surface area contributed by atoms with Crippen molar-refractivity contribution in [1.29, 1.82) is 5.26 Å². The maximum absolute atomic E-state index is 8.38. The van der Waals surface area contributed by atoms with Gasteiger partial charge < -0.3 is 5.32 Å². The Morgan fingerprint density at radius 3 is 3.17 bits per heavy atom. The van der Waals surface area contributed by atoms with Gasteiger partial charge in [0.05, 0.1) is 6.07 Å². The second kappa shape index (κ2) is 5.13. The quantitative estimate of drug-likeness (QED) is 0.625. The summed E-state index contributed by atoms with van der Waals surface area (Å²) in [6, 6.07) is 2.82. The molecule has 0 aromatic rings. The highest BCUT2D eigenvalue weighted by atomic mass is 15.2. The lowest BCUT2D eigenvalue weighted by molar-refractivity contribution is 0.172. The molecule has 1 fully saturated rings. The van der Waals surface area contributed by atoms with Crippen LogP contribution in [-0.2, 0) is 0 Å². The summed E-state index contributed by atoms with van der Waals surface area (Å²) in [6.45, 7) is 6.63. The molecule has 3 heteroatoms. The van der Waals surface area contributed by atoms with Gasteiger partial charge in [0.1, 0.15) is 0 Å². The van der Waals surface area contributed by atoms with Crippen molar-refractivity contribution in [2.45, 2.75) is 25.8 Å². The molecule has 12 heavy (non-hydrogen) atoms. The van der Waals surface area contributed by atoms with Crippen LogP contribution < -0.4 is 5.32 Å². The van der Waals surface area contributed by atoms with Crippen LogP contribution in [0.15, 0.2) is 0 Å². The zero-order valence-electron chi connectivity index (χ0n) is 7.71. The normalized spacial score (nSPS) is 25.2. The lowest BCUT2D eigenvalue weighted by Gasteiger charge is -2.33. The molecule has 1 N–H and O–H groups in total. The Kier molecular flexibility index (Phi) is 4.06. The number of nitrogens with one attached hydrogen (secondary N) is 1. The summed E-state index contributed by atoms with van der Waals surface area (Å²) < 4.78 is 0. The van der Waals surface area contributed by atoms with Crippen molar-refractivity contribution in [3.63, 3.8) is 0 Å². The Labute approximate surface area is 74.4 Å². The maximum atomic E-state index is 8.38. The fourth-order valence-electron chi connectivity index (χ4n) is 1.58. The van der Waals surface area contributed by atoms with Crippen molar-refractivity contribution in [3.8, 4) is 6.07 Å². The van der Waals surface area contributed by atoms with Crippen molar-refractivity contribution in [3.05, 3.63) is 0 Å². The zero-order valence-corrected chi connectivity index (χ0v) is 7.71. The molecule has 1 atom stereocenters. The van der Waals surface area contributed by atoms with Gasteiger partial charge in [0.2, 0.25) is 0 Å². The highest BCUT2D eigenvalue weighted by molar-refractivity contribution is 4.77. The Balaban J connectivity index is 2.16. The second-order valence-corrected chi connectivity index (χ2v) is 3.35. The van der Waals surface area contributed by atoms with Gasteiger partial charge in [-0.05, 0) is 19.9 Å². The molecule has 1 saturated heterocycles.